The molecule has 136 valence electrons. The van der Waals surface area contributed by atoms with Crippen LogP contribution in [0.3, 0.4) is 0 Å². The number of carboxylic acid groups (broad SMARTS) is 1. The third-order valence-corrected chi connectivity index (χ3v) is 3.46. The fraction of sp³-hybridized carbons (Fsp3) is 0.211. The summed E-state index contributed by atoms with van der Waals surface area (Å²) in [6.45, 7) is -0.470. The molecule has 3 N–H and O–H groups in total. The average Bonchev–Trinajstić information content (AvgIpc) is 2.65. The zero-order chi connectivity index (χ0) is 18.8. The molecule has 0 fully saturated rings. The zero-order valence-corrected chi connectivity index (χ0v) is 14.1. The van der Waals surface area contributed by atoms with Crippen LogP contribution in [0.1, 0.15) is 17.2 Å². The molecular formula is C19H20N2O5. The number of benzene rings is 2. The fourth-order valence-corrected chi connectivity index (χ4v) is 2.25. The highest BCUT2D eigenvalue weighted by Gasteiger charge is 2.23. The lowest BCUT2D eigenvalue weighted by atomic mass is 10.1. The summed E-state index contributed by atoms with van der Waals surface area (Å²) in [4.78, 5) is 35.0. The van der Waals surface area contributed by atoms with Gasteiger partial charge in [0.2, 0.25) is 11.8 Å². The normalized spacial score (nSPS) is 11.4. The van der Waals surface area contributed by atoms with Gasteiger partial charge in [0.25, 0.3) is 0 Å². The summed E-state index contributed by atoms with van der Waals surface area (Å²) in [6, 6.07) is 17.0. The van der Waals surface area contributed by atoms with Gasteiger partial charge < -0.3 is 20.5 Å². The summed E-state index contributed by atoms with van der Waals surface area (Å²) >= 11 is 0. The maximum absolute atomic E-state index is 12.2. The molecule has 0 aliphatic heterocycles. The van der Waals surface area contributed by atoms with Crippen molar-refractivity contribution in [3.05, 3.63) is 71.8 Å². The van der Waals surface area contributed by atoms with Crippen LogP contribution >= 0.6 is 0 Å². The van der Waals surface area contributed by atoms with E-state index in [9.17, 15) is 14.4 Å². The van der Waals surface area contributed by atoms with Gasteiger partial charge in [-0.25, -0.2) is 0 Å². The highest BCUT2D eigenvalue weighted by atomic mass is 16.5. The van der Waals surface area contributed by atoms with Gasteiger partial charge in [-0.3, -0.25) is 14.4 Å². The second-order valence-electron chi connectivity index (χ2n) is 5.50. The minimum Gasteiger partial charge on any atom is -0.480 e. The Morgan fingerprint density at radius 1 is 0.962 bits per heavy atom. The van der Waals surface area contributed by atoms with Gasteiger partial charge >= 0.3 is 5.97 Å². The molecule has 0 saturated carbocycles. The molecule has 2 rings (SSSR count). The first-order valence-corrected chi connectivity index (χ1v) is 8.01. The van der Waals surface area contributed by atoms with Crippen LogP contribution in [0.5, 0.6) is 0 Å². The van der Waals surface area contributed by atoms with Crippen molar-refractivity contribution in [3.63, 3.8) is 0 Å². The van der Waals surface area contributed by atoms with Crippen LogP contribution in [-0.4, -0.2) is 36.0 Å². The van der Waals surface area contributed by atoms with Crippen molar-refractivity contribution in [2.24, 2.45) is 0 Å². The van der Waals surface area contributed by atoms with Gasteiger partial charge in [0.15, 0.2) is 0 Å². The average molecular weight is 356 g/mol. The van der Waals surface area contributed by atoms with Crippen LogP contribution in [0.4, 0.5) is 0 Å². The number of rotatable bonds is 9. The zero-order valence-electron chi connectivity index (χ0n) is 14.1. The van der Waals surface area contributed by atoms with Gasteiger partial charge in [-0.15, -0.1) is 0 Å². The van der Waals surface area contributed by atoms with Crippen molar-refractivity contribution in [1.82, 2.24) is 10.6 Å². The Morgan fingerprint density at radius 2 is 1.58 bits per heavy atom. The maximum Gasteiger partial charge on any atom is 0.322 e. The number of aliphatic carboxylic acids is 1. The lowest BCUT2D eigenvalue weighted by Crippen LogP contribution is -2.43. The summed E-state index contributed by atoms with van der Waals surface area (Å²) in [5.74, 6) is -2.24. The first kappa shape index (κ1) is 19.1. The van der Waals surface area contributed by atoms with Gasteiger partial charge in [-0.1, -0.05) is 60.7 Å². The smallest absolute Gasteiger partial charge is 0.322 e. The van der Waals surface area contributed by atoms with Gasteiger partial charge in [-0.2, -0.15) is 0 Å². The first-order chi connectivity index (χ1) is 12.6. The van der Waals surface area contributed by atoms with Crippen LogP contribution in [0.2, 0.25) is 0 Å². The number of amides is 2. The molecule has 1 unspecified atom stereocenters. The number of ether oxygens (including phenoxy) is 1. The third kappa shape index (κ3) is 6.37. The summed E-state index contributed by atoms with van der Waals surface area (Å²) in [5, 5.41) is 13.5. The van der Waals surface area contributed by atoms with Crippen LogP contribution in [0.25, 0.3) is 0 Å². The molecular weight excluding hydrogens is 336 g/mol. The lowest BCUT2D eigenvalue weighted by Gasteiger charge is -2.18. The molecule has 7 nitrogen and oxygen atoms in total. The monoisotopic (exact) mass is 356 g/mol. The van der Waals surface area contributed by atoms with Gasteiger partial charge in [0.05, 0.1) is 6.61 Å². The van der Waals surface area contributed by atoms with E-state index in [1.807, 2.05) is 30.3 Å². The molecule has 1 atom stereocenters. The van der Waals surface area contributed by atoms with Crippen molar-refractivity contribution in [2.45, 2.75) is 12.6 Å². The van der Waals surface area contributed by atoms with E-state index in [0.29, 0.717) is 5.56 Å². The molecule has 0 aliphatic rings. The Balaban J connectivity index is 1.93. The second-order valence-corrected chi connectivity index (χ2v) is 5.50. The molecule has 0 heterocycles. The molecule has 0 aliphatic carbocycles. The van der Waals surface area contributed by atoms with Crippen LogP contribution in [0.15, 0.2) is 60.7 Å². The summed E-state index contributed by atoms with van der Waals surface area (Å²) in [6.07, 6.45) is 0. The third-order valence-electron chi connectivity index (χ3n) is 3.46. The van der Waals surface area contributed by atoms with Crippen LogP contribution < -0.4 is 10.6 Å². The highest BCUT2D eigenvalue weighted by molar-refractivity contribution is 5.90. The van der Waals surface area contributed by atoms with Gasteiger partial charge in [-0.05, 0) is 11.1 Å². The minimum absolute atomic E-state index is 0.218. The summed E-state index contributed by atoms with van der Waals surface area (Å²) in [5.41, 5.74) is 1.48. The van der Waals surface area contributed by atoms with E-state index < -0.39 is 30.4 Å². The van der Waals surface area contributed by atoms with Crippen molar-refractivity contribution in [2.75, 3.05) is 13.2 Å². The van der Waals surface area contributed by atoms with E-state index >= 15 is 0 Å². The van der Waals surface area contributed by atoms with Crippen molar-refractivity contribution in [3.8, 4) is 0 Å². The largest absolute Gasteiger partial charge is 0.480 e. The molecule has 2 amide bonds. The number of hydrogen-bond acceptors (Lipinski definition) is 4. The fourth-order valence-electron chi connectivity index (χ4n) is 2.25. The van der Waals surface area contributed by atoms with Crippen LogP contribution in [-0.2, 0) is 25.7 Å². The molecule has 0 spiro atoms. The molecule has 7 heteroatoms. The summed E-state index contributed by atoms with van der Waals surface area (Å²) in [7, 11) is 0. The van der Waals surface area contributed by atoms with E-state index in [1.54, 1.807) is 30.3 Å². The number of carbonyl (C=O) groups excluding carboxylic acids is 2. The van der Waals surface area contributed by atoms with E-state index in [4.69, 9.17) is 9.84 Å². The molecule has 2 aromatic rings. The Kier molecular flexibility index (Phi) is 7.32. The highest BCUT2D eigenvalue weighted by Crippen LogP contribution is 2.12. The number of nitrogens with one attached hydrogen (secondary N) is 2. The predicted molar refractivity (Wildman–Crippen MR) is 94.1 cm³/mol. The second kappa shape index (κ2) is 9.95. The molecule has 2 aromatic carbocycles. The van der Waals surface area contributed by atoms with Gasteiger partial charge in [0, 0.05) is 0 Å². The standard InChI is InChI=1S/C19H20N2O5/c22-16(13-26-12-14-7-3-1-4-8-14)21-18(15-9-5-2-6-10-15)19(25)20-11-17(23)24/h1-10,18H,11-13H2,(H,20,25)(H,21,22)(H,23,24). The maximum atomic E-state index is 12.2. The van der Waals surface area contributed by atoms with Crippen molar-refractivity contribution < 1.29 is 24.2 Å². The molecule has 26 heavy (non-hydrogen) atoms. The van der Waals surface area contributed by atoms with Crippen molar-refractivity contribution >= 4 is 17.8 Å². The number of carbonyl (C=O) groups is 3. The number of hydrogen-bond donors (Lipinski definition) is 3. The predicted octanol–water partition coefficient (Wildman–Crippen LogP) is 1.26. The quantitative estimate of drug-likeness (QED) is 0.627. The first-order valence-electron chi connectivity index (χ1n) is 8.01. The SMILES string of the molecule is O=C(O)CNC(=O)C(NC(=O)COCc1ccccc1)c1ccccc1. The van der Waals surface area contributed by atoms with E-state index in [1.165, 1.54) is 0 Å². The topological polar surface area (TPSA) is 105 Å². The lowest BCUT2D eigenvalue weighted by molar-refractivity contribution is -0.138. The van der Waals surface area contributed by atoms with E-state index in [0.717, 1.165) is 5.56 Å². The van der Waals surface area contributed by atoms with E-state index in [-0.39, 0.29) is 13.2 Å². The Morgan fingerprint density at radius 3 is 2.19 bits per heavy atom. The van der Waals surface area contributed by atoms with Gasteiger partial charge in [0.1, 0.15) is 19.2 Å². The minimum atomic E-state index is -1.16. The molecule has 0 radical (unpaired) electrons. The summed E-state index contributed by atoms with van der Waals surface area (Å²) < 4.78 is 5.36. The van der Waals surface area contributed by atoms with Crippen LogP contribution in [0, 0.1) is 0 Å². The Bertz CT molecular complexity index is 734. The molecule has 0 bridgehead atoms. The Labute approximate surface area is 151 Å². The Hall–Kier alpha value is -3.19. The van der Waals surface area contributed by atoms with E-state index in [2.05, 4.69) is 10.6 Å². The molecule has 0 aromatic heterocycles. The molecule has 0 saturated heterocycles. The van der Waals surface area contributed by atoms with Crippen molar-refractivity contribution in [1.29, 1.82) is 0 Å². The number of carboxylic acids is 1.